The predicted molar refractivity (Wildman–Crippen MR) is 70.2 cm³/mol. The van der Waals surface area contributed by atoms with E-state index in [4.69, 9.17) is 10.5 Å². The molecule has 2 rings (SSSR count). The van der Waals surface area contributed by atoms with Gasteiger partial charge in [-0.3, -0.25) is 4.90 Å². The Morgan fingerprint density at radius 1 is 1.50 bits per heavy atom. The van der Waals surface area contributed by atoms with Gasteiger partial charge < -0.3 is 10.5 Å². The van der Waals surface area contributed by atoms with Crippen molar-refractivity contribution in [2.75, 3.05) is 26.2 Å². The second-order valence-electron chi connectivity index (χ2n) is 4.88. The van der Waals surface area contributed by atoms with Crippen LogP contribution in [0.2, 0.25) is 0 Å². The fourth-order valence-corrected chi connectivity index (χ4v) is 2.15. The molecule has 0 bridgehead atoms. The van der Waals surface area contributed by atoms with Gasteiger partial charge in [-0.05, 0) is 25.5 Å². The average molecular weight is 250 g/mol. The van der Waals surface area contributed by atoms with Crippen molar-refractivity contribution in [3.8, 4) is 0 Å². The summed E-state index contributed by atoms with van der Waals surface area (Å²) < 4.78 is 5.73. The minimum Gasteiger partial charge on any atom is -0.368 e. The number of aromatic nitrogens is 2. The first-order valence-electron chi connectivity index (χ1n) is 6.59. The van der Waals surface area contributed by atoms with Crippen LogP contribution in [0.15, 0.2) is 12.4 Å². The van der Waals surface area contributed by atoms with E-state index in [-0.39, 0.29) is 12.1 Å². The molecule has 0 saturated carbocycles. The zero-order chi connectivity index (χ0) is 13.0. The topological polar surface area (TPSA) is 64.3 Å². The van der Waals surface area contributed by atoms with Gasteiger partial charge in [-0.2, -0.15) is 0 Å². The maximum atomic E-state index is 5.75. The van der Waals surface area contributed by atoms with Crippen LogP contribution in [0.1, 0.15) is 31.3 Å². The fourth-order valence-electron chi connectivity index (χ4n) is 2.15. The Labute approximate surface area is 108 Å². The van der Waals surface area contributed by atoms with E-state index in [0.29, 0.717) is 0 Å². The number of nitrogens with zero attached hydrogens (tertiary/aromatic N) is 3. The van der Waals surface area contributed by atoms with Crippen molar-refractivity contribution in [3.63, 3.8) is 0 Å². The summed E-state index contributed by atoms with van der Waals surface area (Å²) in [6.07, 6.45) is 4.54. The summed E-state index contributed by atoms with van der Waals surface area (Å²) in [5.74, 6) is 0.779. The SMILES string of the molecule is CCN1CCOC(c2ncc(CC(C)N)cn2)C1. The van der Waals surface area contributed by atoms with E-state index in [1.807, 2.05) is 19.3 Å². The molecule has 5 nitrogen and oxygen atoms in total. The average Bonchev–Trinajstić information content (AvgIpc) is 2.39. The molecule has 0 radical (unpaired) electrons. The van der Waals surface area contributed by atoms with Gasteiger partial charge >= 0.3 is 0 Å². The van der Waals surface area contributed by atoms with Crippen LogP contribution in [0.5, 0.6) is 0 Å². The van der Waals surface area contributed by atoms with Gasteiger partial charge in [0, 0.05) is 31.5 Å². The summed E-state index contributed by atoms with van der Waals surface area (Å²) in [5, 5.41) is 0. The Morgan fingerprint density at radius 3 is 2.83 bits per heavy atom. The van der Waals surface area contributed by atoms with Crippen LogP contribution in [-0.4, -0.2) is 47.2 Å². The number of rotatable bonds is 4. The molecule has 1 aromatic heterocycles. The van der Waals surface area contributed by atoms with Gasteiger partial charge in [0.1, 0.15) is 6.10 Å². The van der Waals surface area contributed by atoms with Crippen molar-refractivity contribution in [2.45, 2.75) is 32.4 Å². The minimum absolute atomic E-state index is 0.00282. The summed E-state index contributed by atoms with van der Waals surface area (Å²) in [6.45, 7) is 7.82. The van der Waals surface area contributed by atoms with Gasteiger partial charge in [0.05, 0.1) is 6.61 Å². The molecular weight excluding hydrogens is 228 g/mol. The molecule has 5 heteroatoms. The van der Waals surface area contributed by atoms with Gasteiger partial charge in [0.25, 0.3) is 0 Å². The van der Waals surface area contributed by atoms with Crippen LogP contribution < -0.4 is 5.73 Å². The first-order valence-corrected chi connectivity index (χ1v) is 6.59. The highest BCUT2D eigenvalue weighted by molar-refractivity contribution is 5.08. The Morgan fingerprint density at radius 2 is 2.22 bits per heavy atom. The molecule has 18 heavy (non-hydrogen) atoms. The zero-order valence-corrected chi connectivity index (χ0v) is 11.2. The normalized spacial score (nSPS) is 22.9. The lowest BCUT2D eigenvalue weighted by Crippen LogP contribution is -2.38. The lowest BCUT2D eigenvalue weighted by molar-refractivity contribution is -0.0326. The smallest absolute Gasteiger partial charge is 0.158 e. The molecule has 2 N–H and O–H groups in total. The number of likely N-dealkylation sites (N-methyl/N-ethyl adjacent to an activating group) is 1. The monoisotopic (exact) mass is 250 g/mol. The van der Waals surface area contributed by atoms with E-state index in [2.05, 4.69) is 21.8 Å². The molecule has 1 saturated heterocycles. The molecule has 1 aliphatic heterocycles. The Kier molecular flexibility index (Phi) is 4.63. The largest absolute Gasteiger partial charge is 0.368 e. The molecule has 0 aliphatic carbocycles. The van der Waals surface area contributed by atoms with Gasteiger partial charge in [0.2, 0.25) is 0 Å². The summed E-state index contributed by atoms with van der Waals surface area (Å²) in [7, 11) is 0. The lowest BCUT2D eigenvalue weighted by Gasteiger charge is -2.31. The maximum absolute atomic E-state index is 5.75. The molecule has 2 atom stereocenters. The van der Waals surface area contributed by atoms with Crippen molar-refractivity contribution >= 4 is 0 Å². The minimum atomic E-state index is 0.00282. The van der Waals surface area contributed by atoms with Gasteiger partial charge in [-0.25, -0.2) is 9.97 Å². The number of morpholine rings is 1. The number of nitrogens with two attached hydrogens (primary N) is 1. The van der Waals surface area contributed by atoms with Crippen molar-refractivity contribution in [3.05, 3.63) is 23.8 Å². The molecule has 0 amide bonds. The highest BCUT2D eigenvalue weighted by Gasteiger charge is 2.22. The molecule has 2 heterocycles. The van der Waals surface area contributed by atoms with E-state index in [9.17, 15) is 0 Å². The Balaban J connectivity index is 2.00. The molecule has 2 unspecified atom stereocenters. The Hall–Kier alpha value is -1.04. The first kappa shape index (κ1) is 13.4. The number of hydrogen-bond acceptors (Lipinski definition) is 5. The summed E-state index contributed by atoms with van der Waals surface area (Å²) in [5.41, 5.74) is 6.84. The van der Waals surface area contributed by atoms with E-state index < -0.39 is 0 Å². The number of hydrogen-bond donors (Lipinski definition) is 1. The van der Waals surface area contributed by atoms with Gasteiger partial charge in [-0.1, -0.05) is 6.92 Å². The molecule has 1 aliphatic rings. The highest BCUT2D eigenvalue weighted by atomic mass is 16.5. The van der Waals surface area contributed by atoms with E-state index >= 15 is 0 Å². The van der Waals surface area contributed by atoms with Crippen LogP contribution in [0.25, 0.3) is 0 Å². The molecule has 1 aromatic rings. The fraction of sp³-hybridized carbons (Fsp3) is 0.692. The molecule has 100 valence electrons. The quantitative estimate of drug-likeness (QED) is 0.854. The second-order valence-corrected chi connectivity index (χ2v) is 4.88. The van der Waals surface area contributed by atoms with Crippen LogP contribution >= 0.6 is 0 Å². The third-order valence-corrected chi connectivity index (χ3v) is 3.17. The molecule has 0 aromatic carbocycles. The van der Waals surface area contributed by atoms with Gasteiger partial charge in [0.15, 0.2) is 5.82 Å². The summed E-state index contributed by atoms with van der Waals surface area (Å²) in [6, 6.07) is 0.140. The van der Waals surface area contributed by atoms with Gasteiger partial charge in [-0.15, -0.1) is 0 Å². The van der Waals surface area contributed by atoms with Crippen LogP contribution in [0.3, 0.4) is 0 Å². The van der Waals surface area contributed by atoms with E-state index in [0.717, 1.165) is 44.0 Å². The van der Waals surface area contributed by atoms with Crippen molar-refractivity contribution < 1.29 is 4.74 Å². The van der Waals surface area contributed by atoms with Crippen molar-refractivity contribution in [1.29, 1.82) is 0 Å². The van der Waals surface area contributed by atoms with Crippen LogP contribution in [0, 0.1) is 0 Å². The van der Waals surface area contributed by atoms with Crippen molar-refractivity contribution in [2.24, 2.45) is 5.73 Å². The first-order chi connectivity index (χ1) is 8.69. The molecule has 1 fully saturated rings. The standard InChI is InChI=1S/C13H22N4O/c1-3-17-4-5-18-12(9-17)13-15-7-11(8-16-13)6-10(2)14/h7-8,10,12H,3-6,9,14H2,1-2H3. The summed E-state index contributed by atoms with van der Waals surface area (Å²) in [4.78, 5) is 11.2. The second kappa shape index (κ2) is 6.22. The third kappa shape index (κ3) is 3.48. The Bertz CT molecular complexity index is 366. The highest BCUT2D eigenvalue weighted by Crippen LogP contribution is 2.18. The van der Waals surface area contributed by atoms with E-state index in [1.54, 1.807) is 0 Å². The molecular formula is C13H22N4O. The predicted octanol–water partition coefficient (Wildman–Crippen LogP) is 0.760. The van der Waals surface area contributed by atoms with Crippen LogP contribution in [-0.2, 0) is 11.2 Å². The maximum Gasteiger partial charge on any atom is 0.158 e. The zero-order valence-electron chi connectivity index (χ0n) is 11.2. The lowest BCUT2D eigenvalue weighted by atomic mass is 10.1. The van der Waals surface area contributed by atoms with Crippen LogP contribution in [0.4, 0.5) is 0 Å². The molecule has 0 spiro atoms. The van der Waals surface area contributed by atoms with Crippen molar-refractivity contribution in [1.82, 2.24) is 14.9 Å². The number of ether oxygens (including phenoxy) is 1. The summed E-state index contributed by atoms with van der Waals surface area (Å²) >= 11 is 0. The third-order valence-electron chi connectivity index (χ3n) is 3.17. The van der Waals surface area contributed by atoms with E-state index in [1.165, 1.54) is 0 Å².